The SMILES string of the molecule is Cc1c(-n2nnnc2SCCOc2ccccc2[N+](=O)[O-])c(=O)n(-c2ccccc2)n1C. The fraction of sp³-hybridized carbons (Fsp3) is 0.200. The van der Waals surface area contributed by atoms with Gasteiger partial charge in [0.1, 0.15) is 0 Å². The zero-order valence-corrected chi connectivity index (χ0v) is 18.1. The first kappa shape index (κ1) is 21.3. The lowest BCUT2D eigenvalue weighted by atomic mass is 10.3. The number of nitro groups is 1. The minimum atomic E-state index is -0.487. The molecule has 2 heterocycles. The zero-order valence-electron chi connectivity index (χ0n) is 17.3. The van der Waals surface area contributed by atoms with E-state index in [4.69, 9.17) is 4.74 Å². The van der Waals surface area contributed by atoms with Gasteiger partial charge in [0.05, 0.1) is 22.9 Å². The molecule has 11 nitrogen and oxygen atoms in total. The highest BCUT2D eigenvalue weighted by atomic mass is 32.2. The molecule has 0 bridgehead atoms. The van der Waals surface area contributed by atoms with E-state index < -0.39 is 4.92 Å². The first-order valence-corrected chi connectivity index (χ1v) is 10.6. The van der Waals surface area contributed by atoms with Gasteiger partial charge in [-0.05, 0) is 35.5 Å². The van der Waals surface area contributed by atoms with E-state index in [1.54, 1.807) is 34.6 Å². The van der Waals surface area contributed by atoms with E-state index in [2.05, 4.69) is 15.5 Å². The van der Waals surface area contributed by atoms with Crippen molar-refractivity contribution >= 4 is 17.4 Å². The number of ether oxygens (including phenoxy) is 1. The largest absolute Gasteiger partial charge is 0.486 e. The van der Waals surface area contributed by atoms with E-state index in [9.17, 15) is 14.9 Å². The average molecular weight is 453 g/mol. The Hall–Kier alpha value is -3.93. The first-order valence-electron chi connectivity index (χ1n) is 9.61. The van der Waals surface area contributed by atoms with Crippen molar-refractivity contribution in [1.82, 2.24) is 29.6 Å². The average Bonchev–Trinajstić information content (AvgIpc) is 3.33. The summed E-state index contributed by atoms with van der Waals surface area (Å²) in [5.74, 6) is 0.618. The summed E-state index contributed by atoms with van der Waals surface area (Å²) < 4.78 is 10.3. The Labute approximate surface area is 186 Å². The van der Waals surface area contributed by atoms with Gasteiger partial charge in [0.2, 0.25) is 5.16 Å². The van der Waals surface area contributed by atoms with E-state index in [1.807, 2.05) is 37.3 Å². The number of tetrazole rings is 1. The molecule has 4 rings (SSSR count). The summed E-state index contributed by atoms with van der Waals surface area (Å²) in [5.41, 5.74) is 1.44. The second-order valence-corrected chi connectivity index (χ2v) is 7.77. The molecule has 164 valence electrons. The normalized spacial score (nSPS) is 10.9. The maximum Gasteiger partial charge on any atom is 0.310 e. The van der Waals surface area contributed by atoms with Crippen LogP contribution in [0.15, 0.2) is 64.5 Å². The molecule has 0 radical (unpaired) electrons. The van der Waals surface area contributed by atoms with Crippen LogP contribution < -0.4 is 10.3 Å². The van der Waals surface area contributed by atoms with E-state index in [1.165, 1.54) is 22.5 Å². The van der Waals surface area contributed by atoms with Crippen LogP contribution in [0.1, 0.15) is 5.69 Å². The number of thioether (sulfide) groups is 1. The fourth-order valence-corrected chi connectivity index (χ4v) is 3.92. The van der Waals surface area contributed by atoms with Gasteiger partial charge < -0.3 is 4.74 Å². The van der Waals surface area contributed by atoms with Gasteiger partial charge >= 0.3 is 5.69 Å². The van der Waals surface area contributed by atoms with Crippen LogP contribution in [0.2, 0.25) is 0 Å². The molecule has 2 aromatic carbocycles. The number of benzene rings is 2. The molecular weight excluding hydrogens is 434 g/mol. The summed E-state index contributed by atoms with van der Waals surface area (Å²) in [5, 5.41) is 23.3. The number of nitro benzene ring substituents is 1. The maximum atomic E-state index is 13.2. The van der Waals surface area contributed by atoms with Crippen LogP contribution in [0.25, 0.3) is 11.4 Å². The molecule has 0 aliphatic rings. The minimum absolute atomic E-state index is 0.0938. The predicted octanol–water partition coefficient (Wildman–Crippen LogP) is 2.54. The van der Waals surface area contributed by atoms with Crippen molar-refractivity contribution in [3.63, 3.8) is 0 Å². The van der Waals surface area contributed by atoms with Gasteiger partial charge in [-0.2, -0.15) is 4.68 Å². The molecule has 2 aromatic heterocycles. The Kier molecular flexibility index (Phi) is 6.03. The fourth-order valence-electron chi connectivity index (χ4n) is 3.22. The molecule has 0 saturated heterocycles. The van der Waals surface area contributed by atoms with Crippen molar-refractivity contribution in [2.75, 3.05) is 12.4 Å². The molecule has 0 spiro atoms. The third-order valence-electron chi connectivity index (χ3n) is 4.81. The molecule has 0 aliphatic carbocycles. The standard InChI is InChI=1S/C20H19N7O4S/c1-14-18(19(28)26(24(14)2)15-8-4-3-5-9-15)25-20(21-22-23-25)32-13-12-31-17-11-7-6-10-16(17)27(29)30/h3-11H,12-13H2,1-2H3. The van der Waals surface area contributed by atoms with Crippen molar-refractivity contribution < 1.29 is 9.66 Å². The topological polar surface area (TPSA) is 123 Å². The lowest BCUT2D eigenvalue weighted by molar-refractivity contribution is -0.385. The smallest absolute Gasteiger partial charge is 0.310 e. The molecular formula is C20H19N7O4S. The maximum absolute atomic E-state index is 13.2. The molecule has 0 amide bonds. The van der Waals surface area contributed by atoms with Gasteiger partial charge in [-0.15, -0.1) is 5.10 Å². The van der Waals surface area contributed by atoms with Gasteiger partial charge in [0.15, 0.2) is 11.4 Å². The second kappa shape index (κ2) is 9.06. The molecule has 0 unspecified atom stereocenters. The van der Waals surface area contributed by atoms with Crippen LogP contribution in [0, 0.1) is 17.0 Å². The van der Waals surface area contributed by atoms with Crippen molar-refractivity contribution in [3.8, 4) is 17.1 Å². The number of aromatic nitrogens is 6. The first-order chi connectivity index (χ1) is 15.5. The van der Waals surface area contributed by atoms with Crippen molar-refractivity contribution in [2.45, 2.75) is 12.1 Å². The monoisotopic (exact) mass is 453 g/mol. The van der Waals surface area contributed by atoms with E-state index in [0.29, 0.717) is 22.3 Å². The summed E-state index contributed by atoms with van der Waals surface area (Å²) in [7, 11) is 1.80. The van der Waals surface area contributed by atoms with Gasteiger partial charge in [-0.1, -0.05) is 42.1 Å². The lowest BCUT2D eigenvalue weighted by Crippen LogP contribution is -2.22. The highest BCUT2D eigenvalue weighted by Gasteiger charge is 2.22. The van der Waals surface area contributed by atoms with E-state index in [-0.39, 0.29) is 23.6 Å². The molecule has 0 N–H and O–H groups in total. The number of rotatable bonds is 8. The highest BCUT2D eigenvalue weighted by Crippen LogP contribution is 2.26. The molecule has 4 aromatic rings. The zero-order chi connectivity index (χ0) is 22.7. The van der Waals surface area contributed by atoms with Crippen LogP contribution in [0.5, 0.6) is 5.75 Å². The van der Waals surface area contributed by atoms with Crippen molar-refractivity contribution in [1.29, 1.82) is 0 Å². The molecule has 0 fully saturated rings. The highest BCUT2D eigenvalue weighted by molar-refractivity contribution is 7.99. The van der Waals surface area contributed by atoms with Crippen LogP contribution in [-0.4, -0.2) is 46.9 Å². The van der Waals surface area contributed by atoms with Crippen molar-refractivity contribution in [2.24, 2.45) is 7.05 Å². The Morgan fingerprint density at radius 2 is 1.84 bits per heavy atom. The summed E-state index contributed by atoms with van der Waals surface area (Å²) in [6.07, 6.45) is 0. The van der Waals surface area contributed by atoms with Gasteiger partial charge in [0.25, 0.3) is 5.56 Å². The summed E-state index contributed by atoms with van der Waals surface area (Å²) >= 11 is 1.28. The third kappa shape index (κ3) is 3.99. The summed E-state index contributed by atoms with van der Waals surface area (Å²) in [6, 6.07) is 15.5. The Morgan fingerprint density at radius 1 is 1.12 bits per heavy atom. The molecule has 32 heavy (non-hydrogen) atoms. The molecule has 0 aliphatic heterocycles. The second-order valence-electron chi connectivity index (χ2n) is 6.71. The van der Waals surface area contributed by atoms with Crippen LogP contribution in [0.3, 0.4) is 0 Å². The summed E-state index contributed by atoms with van der Waals surface area (Å²) in [6.45, 7) is 2.02. The molecule has 12 heteroatoms. The molecule has 0 atom stereocenters. The number of hydrogen-bond acceptors (Lipinski definition) is 8. The summed E-state index contributed by atoms with van der Waals surface area (Å²) in [4.78, 5) is 23.8. The van der Waals surface area contributed by atoms with Gasteiger partial charge in [-0.25, -0.2) is 4.68 Å². The van der Waals surface area contributed by atoms with Crippen LogP contribution >= 0.6 is 11.8 Å². The Morgan fingerprint density at radius 3 is 2.59 bits per heavy atom. The van der Waals surface area contributed by atoms with Gasteiger partial charge in [0, 0.05) is 18.9 Å². The van der Waals surface area contributed by atoms with E-state index >= 15 is 0 Å². The third-order valence-corrected chi connectivity index (χ3v) is 5.69. The van der Waals surface area contributed by atoms with Crippen molar-refractivity contribution in [3.05, 3.63) is 80.8 Å². The van der Waals surface area contributed by atoms with Gasteiger partial charge in [-0.3, -0.25) is 19.6 Å². The Balaban J connectivity index is 1.53. The lowest BCUT2D eigenvalue weighted by Gasteiger charge is -2.07. The quantitative estimate of drug-likeness (QED) is 0.173. The number of hydrogen-bond donors (Lipinski definition) is 0. The minimum Gasteiger partial charge on any atom is -0.486 e. The number of para-hydroxylation sites is 3. The predicted molar refractivity (Wildman–Crippen MR) is 118 cm³/mol. The van der Waals surface area contributed by atoms with E-state index in [0.717, 1.165) is 5.69 Å². The Bertz CT molecular complexity index is 1310. The molecule has 0 saturated carbocycles. The van der Waals surface area contributed by atoms with Crippen LogP contribution in [-0.2, 0) is 7.05 Å². The number of nitrogens with zero attached hydrogens (tertiary/aromatic N) is 7. The van der Waals surface area contributed by atoms with Crippen LogP contribution in [0.4, 0.5) is 5.69 Å².